The third kappa shape index (κ3) is 3.75. The quantitative estimate of drug-likeness (QED) is 0.872. The second kappa shape index (κ2) is 5.87. The van der Waals surface area contributed by atoms with E-state index in [4.69, 9.17) is 0 Å². The minimum Gasteiger partial charge on any atom is -0.367 e. The lowest BCUT2D eigenvalue weighted by atomic mass is 10.3. The van der Waals surface area contributed by atoms with Crippen LogP contribution in [0.1, 0.15) is 34.8 Å². The second-order valence-electron chi connectivity index (χ2n) is 5.11. The van der Waals surface area contributed by atoms with Crippen molar-refractivity contribution in [3.63, 3.8) is 0 Å². The molecule has 0 unspecified atom stereocenters. The molecule has 0 spiro atoms. The van der Waals surface area contributed by atoms with Crippen LogP contribution in [0, 0.1) is 6.92 Å². The maximum atomic E-state index is 12.2. The third-order valence-corrected chi connectivity index (χ3v) is 3.16. The first kappa shape index (κ1) is 13.5. The van der Waals surface area contributed by atoms with Gasteiger partial charge in [-0.3, -0.25) is 9.78 Å². The molecule has 2 aromatic rings. The molecule has 1 saturated carbocycles. The van der Waals surface area contributed by atoms with Crippen molar-refractivity contribution >= 4 is 11.7 Å². The highest BCUT2D eigenvalue weighted by Crippen LogP contribution is 2.23. The van der Waals surface area contributed by atoms with Crippen molar-refractivity contribution in [1.29, 1.82) is 0 Å². The molecule has 0 saturated heterocycles. The summed E-state index contributed by atoms with van der Waals surface area (Å²) in [5.74, 6) is 1.08. The summed E-state index contributed by atoms with van der Waals surface area (Å²) >= 11 is 0. The van der Waals surface area contributed by atoms with E-state index in [0.717, 1.165) is 18.5 Å². The van der Waals surface area contributed by atoms with Gasteiger partial charge in [0.2, 0.25) is 0 Å². The van der Waals surface area contributed by atoms with E-state index in [1.165, 1.54) is 0 Å². The normalized spacial score (nSPS) is 13.8. The average Bonchev–Trinajstić information content (AvgIpc) is 3.29. The Morgan fingerprint density at radius 2 is 2.19 bits per heavy atom. The van der Waals surface area contributed by atoms with Gasteiger partial charge in [-0.1, -0.05) is 6.07 Å². The number of hydrogen-bond donors (Lipinski definition) is 2. The van der Waals surface area contributed by atoms with Crippen molar-refractivity contribution in [1.82, 2.24) is 20.3 Å². The highest BCUT2D eigenvalue weighted by atomic mass is 16.1. The average molecular weight is 283 g/mol. The van der Waals surface area contributed by atoms with Crippen molar-refractivity contribution in [2.45, 2.75) is 32.4 Å². The first-order chi connectivity index (χ1) is 10.2. The predicted octanol–water partition coefficient (Wildman–Crippen LogP) is 1.68. The Kier molecular flexibility index (Phi) is 3.77. The number of nitrogens with one attached hydrogen (secondary N) is 2. The Morgan fingerprint density at radius 3 is 2.90 bits per heavy atom. The summed E-state index contributed by atoms with van der Waals surface area (Å²) in [6, 6.07) is 7.78. The number of rotatable bonds is 5. The van der Waals surface area contributed by atoms with Gasteiger partial charge in [0.15, 0.2) is 0 Å². The Bertz CT molecular complexity index is 640. The summed E-state index contributed by atoms with van der Waals surface area (Å²) < 4.78 is 0. The molecule has 0 bridgehead atoms. The van der Waals surface area contributed by atoms with Gasteiger partial charge in [-0.05, 0) is 31.9 Å². The smallest absolute Gasteiger partial charge is 0.270 e. The number of pyridine rings is 1. The fourth-order valence-corrected chi connectivity index (χ4v) is 1.96. The van der Waals surface area contributed by atoms with E-state index in [-0.39, 0.29) is 5.91 Å². The summed E-state index contributed by atoms with van der Waals surface area (Å²) in [6.07, 6.45) is 4.02. The first-order valence-corrected chi connectivity index (χ1v) is 7.01. The molecule has 6 nitrogen and oxygen atoms in total. The van der Waals surface area contributed by atoms with E-state index >= 15 is 0 Å². The molecule has 2 heterocycles. The fraction of sp³-hybridized carbons (Fsp3) is 0.333. The van der Waals surface area contributed by atoms with Crippen LogP contribution in [-0.4, -0.2) is 26.9 Å². The van der Waals surface area contributed by atoms with Crippen molar-refractivity contribution in [3.8, 4) is 0 Å². The maximum absolute atomic E-state index is 12.2. The number of aromatic nitrogens is 3. The van der Waals surface area contributed by atoms with Gasteiger partial charge in [-0.15, -0.1) is 0 Å². The summed E-state index contributed by atoms with van der Waals surface area (Å²) in [5, 5.41) is 6.10. The number of aryl methyl sites for hydroxylation is 1. The van der Waals surface area contributed by atoms with Crippen LogP contribution in [0.15, 0.2) is 30.5 Å². The van der Waals surface area contributed by atoms with Crippen molar-refractivity contribution < 1.29 is 4.79 Å². The highest BCUT2D eigenvalue weighted by Gasteiger charge is 2.22. The fourth-order valence-electron chi connectivity index (χ4n) is 1.96. The van der Waals surface area contributed by atoms with E-state index in [1.807, 2.05) is 18.2 Å². The lowest BCUT2D eigenvalue weighted by Gasteiger charge is -2.08. The molecule has 1 aliphatic rings. The van der Waals surface area contributed by atoms with Crippen LogP contribution in [-0.2, 0) is 6.54 Å². The number of carbonyl (C=O) groups is 1. The van der Waals surface area contributed by atoms with Crippen molar-refractivity contribution in [2.75, 3.05) is 5.32 Å². The van der Waals surface area contributed by atoms with E-state index in [9.17, 15) is 4.79 Å². The van der Waals surface area contributed by atoms with Gasteiger partial charge in [0.05, 0.1) is 12.2 Å². The topological polar surface area (TPSA) is 79.8 Å². The monoisotopic (exact) mass is 283 g/mol. The van der Waals surface area contributed by atoms with E-state index in [0.29, 0.717) is 29.9 Å². The number of hydrogen-bond acceptors (Lipinski definition) is 5. The molecule has 108 valence electrons. The molecule has 2 N–H and O–H groups in total. The molecule has 0 aliphatic heterocycles. The molecule has 3 rings (SSSR count). The molecule has 1 aliphatic carbocycles. The van der Waals surface area contributed by atoms with Crippen LogP contribution in [0.3, 0.4) is 0 Å². The lowest BCUT2D eigenvalue weighted by Crippen LogP contribution is -2.25. The van der Waals surface area contributed by atoms with E-state index in [1.54, 1.807) is 19.2 Å². The minimum absolute atomic E-state index is 0.218. The van der Waals surface area contributed by atoms with Crippen LogP contribution >= 0.6 is 0 Å². The van der Waals surface area contributed by atoms with Crippen molar-refractivity contribution in [3.05, 3.63) is 47.7 Å². The summed E-state index contributed by atoms with van der Waals surface area (Å²) in [6.45, 7) is 2.17. The predicted molar refractivity (Wildman–Crippen MR) is 78.8 cm³/mol. The van der Waals surface area contributed by atoms with E-state index < -0.39 is 0 Å². The van der Waals surface area contributed by atoms with Gasteiger partial charge in [-0.2, -0.15) is 0 Å². The number of nitrogens with zero attached hydrogens (tertiary/aromatic N) is 3. The molecule has 21 heavy (non-hydrogen) atoms. The Morgan fingerprint density at radius 1 is 1.33 bits per heavy atom. The van der Waals surface area contributed by atoms with Crippen LogP contribution in [0.2, 0.25) is 0 Å². The minimum atomic E-state index is -0.218. The van der Waals surface area contributed by atoms with Gasteiger partial charge in [0, 0.05) is 18.3 Å². The maximum Gasteiger partial charge on any atom is 0.270 e. The number of amides is 1. The van der Waals surface area contributed by atoms with Gasteiger partial charge in [-0.25, -0.2) is 9.97 Å². The molecule has 1 fully saturated rings. The molecule has 2 aromatic heterocycles. The largest absolute Gasteiger partial charge is 0.367 e. The number of anilines is 1. The molecular formula is C15H17N5O. The zero-order valence-electron chi connectivity index (χ0n) is 11.8. The molecule has 0 aromatic carbocycles. The lowest BCUT2D eigenvalue weighted by molar-refractivity contribution is 0.0945. The summed E-state index contributed by atoms with van der Waals surface area (Å²) in [5.41, 5.74) is 1.19. The number of carbonyl (C=O) groups excluding carboxylic acids is 1. The van der Waals surface area contributed by atoms with Crippen molar-refractivity contribution in [2.24, 2.45) is 0 Å². The molecule has 0 atom stereocenters. The molecular weight excluding hydrogens is 266 g/mol. The molecule has 6 heteroatoms. The van der Waals surface area contributed by atoms with Crippen LogP contribution < -0.4 is 10.6 Å². The van der Waals surface area contributed by atoms with Gasteiger partial charge < -0.3 is 10.6 Å². The Hall–Kier alpha value is -2.50. The van der Waals surface area contributed by atoms with Crippen LogP contribution in [0.4, 0.5) is 5.82 Å². The molecule has 1 amide bonds. The van der Waals surface area contributed by atoms with Crippen LogP contribution in [0.25, 0.3) is 0 Å². The zero-order chi connectivity index (χ0) is 14.7. The first-order valence-electron chi connectivity index (χ1n) is 7.01. The van der Waals surface area contributed by atoms with Gasteiger partial charge >= 0.3 is 0 Å². The van der Waals surface area contributed by atoms with E-state index in [2.05, 4.69) is 25.6 Å². The zero-order valence-corrected chi connectivity index (χ0v) is 11.8. The second-order valence-corrected chi connectivity index (χ2v) is 5.11. The SMILES string of the molecule is Cc1nc(NC2CC2)cc(C(=O)NCc2ccccn2)n1. The van der Waals surface area contributed by atoms with Gasteiger partial charge in [0.25, 0.3) is 5.91 Å². The van der Waals surface area contributed by atoms with Crippen LogP contribution in [0.5, 0.6) is 0 Å². The Labute approximate surface area is 123 Å². The highest BCUT2D eigenvalue weighted by molar-refractivity contribution is 5.92. The Balaban J connectivity index is 1.67. The summed E-state index contributed by atoms with van der Waals surface area (Å²) in [4.78, 5) is 24.8. The third-order valence-electron chi connectivity index (χ3n) is 3.16. The summed E-state index contributed by atoms with van der Waals surface area (Å²) in [7, 11) is 0. The molecule has 0 radical (unpaired) electrons. The van der Waals surface area contributed by atoms with Gasteiger partial charge in [0.1, 0.15) is 17.3 Å². The standard InChI is InChI=1S/C15H17N5O/c1-10-18-13(8-14(19-10)20-11-5-6-11)15(21)17-9-12-4-2-3-7-16-12/h2-4,7-8,11H,5-6,9H2,1H3,(H,17,21)(H,18,19,20).